The summed E-state index contributed by atoms with van der Waals surface area (Å²) in [5, 5.41) is 10.1. The lowest BCUT2D eigenvalue weighted by Crippen LogP contribution is -2.33. The van der Waals surface area contributed by atoms with Crippen LogP contribution in [-0.2, 0) is 15.1 Å². The molecule has 0 fully saturated rings. The van der Waals surface area contributed by atoms with Crippen LogP contribution >= 0.6 is 0 Å². The van der Waals surface area contributed by atoms with Crippen molar-refractivity contribution in [1.82, 2.24) is 5.43 Å². The molecule has 0 radical (unpaired) electrons. The van der Waals surface area contributed by atoms with Crippen molar-refractivity contribution in [3.05, 3.63) is 59.7 Å². The summed E-state index contributed by atoms with van der Waals surface area (Å²) in [7, 11) is 0. The van der Waals surface area contributed by atoms with Crippen molar-refractivity contribution < 1.29 is 9.59 Å². The predicted octanol–water partition coefficient (Wildman–Crippen LogP) is 3.85. The molecule has 6 heteroatoms. The lowest BCUT2D eigenvalue weighted by Gasteiger charge is -2.26. The van der Waals surface area contributed by atoms with Crippen LogP contribution in [0.5, 0.6) is 0 Å². The van der Waals surface area contributed by atoms with Crippen LogP contribution in [0.4, 0.5) is 11.4 Å². The van der Waals surface area contributed by atoms with Crippen LogP contribution in [0.1, 0.15) is 45.7 Å². The van der Waals surface area contributed by atoms with E-state index in [9.17, 15) is 9.59 Å². The molecular weight excluding hydrogens is 340 g/mol. The standard InChI is InChI=1S/C21H26N4O2/c1-14(17-8-6-10-19(12-17)22-15(2)26)24-25-21(4,5)18-9-7-11-20(13-18)23-16(3)27/h6-13,25H,1-5H3,(H,22,26)(H,23,27). The maximum atomic E-state index is 11.3. The van der Waals surface area contributed by atoms with Crippen LogP contribution < -0.4 is 16.1 Å². The third kappa shape index (κ3) is 5.95. The van der Waals surface area contributed by atoms with Crippen LogP contribution in [0.25, 0.3) is 0 Å². The van der Waals surface area contributed by atoms with Crippen LogP contribution in [-0.4, -0.2) is 17.5 Å². The first-order valence-electron chi connectivity index (χ1n) is 8.75. The van der Waals surface area contributed by atoms with Crippen molar-refractivity contribution in [3.63, 3.8) is 0 Å². The molecule has 27 heavy (non-hydrogen) atoms. The highest BCUT2D eigenvalue weighted by molar-refractivity contribution is 6.00. The maximum Gasteiger partial charge on any atom is 0.221 e. The molecule has 2 aromatic carbocycles. The number of anilines is 2. The fraction of sp³-hybridized carbons (Fsp3) is 0.286. The van der Waals surface area contributed by atoms with Crippen LogP contribution in [0, 0.1) is 0 Å². The van der Waals surface area contributed by atoms with Crippen molar-refractivity contribution in [1.29, 1.82) is 0 Å². The molecule has 0 aliphatic heterocycles. The average molecular weight is 366 g/mol. The van der Waals surface area contributed by atoms with Crippen molar-refractivity contribution in [2.75, 3.05) is 10.6 Å². The zero-order valence-corrected chi connectivity index (χ0v) is 16.4. The Morgan fingerprint density at radius 1 is 0.852 bits per heavy atom. The van der Waals surface area contributed by atoms with E-state index in [1.807, 2.05) is 69.3 Å². The summed E-state index contributed by atoms with van der Waals surface area (Å²) in [4.78, 5) is 22.5. The highest BCUT2D eigenvalue weighted by Gasteiger charge is 2.20. The molecule has 0 bridgehead atoms. The van der Waals surface area contributed by atoms with Gasteiger partial charge >= 0.3 is 0 Å². The number of nitrogens with one attached hydrogen (secondary N) is 3. The molecule has 2 amide bonds. The minimum Gasteiger partial charge on any atom is -0.326 e. The summed E-state index contributed by atoms with van der Waals surface area (Å²) >= 11 is 0. The van der Waals surface area contributed by atoms with E-state index in [2.05, 4.69) is 21.2 Å². The number of hydrogen-bond acceptors (Lipinski definition) is 4. The number of rotatable bonds is 6. The van der Waals surface area contributed by atoms with Crippen LogP contribution in [0.15, 0.2) is 53.6 Å². The molecule has 2 rings (SSSR count). The second kappa shape index (κ2) is 8.49. The smallest absolute Gasteiger partial charge is 0.221 e. The van der Waals surface area contributed by atoms with E-state index in [-0.39, 0.29) is 11.8 Å². The van der Waals surface area contributed by atoms with Crippen molar-refractivity contribution in [2.24, 2.45) is 5.10 Å². The molecule has 0 saturated carbocycles. The molecule has 2 aromatic rings. The van der Waals surface area contributed by atoms with E-state index in [1.165, 1.54) is 13.8 Å². The van der Waals surface area contributed by atoms with Gasteiger partial charge in [0.25, 0.3) is 0 Å². The van der Waals surface area contributed by atoms with Crippen LogP contribution in [0.2, 0.25) is 0 Å². The van der Waals surface area contributed by atoms with Gasteiger partial charge in [-0.1, -0.05) is 24.3 Å². The molecule has 0 saturated heterocycles. The Balaban J connectivity index is 2.17. The van der Waals surface area contributed by atoms with Gasteiger partial charge in [0.2, 0.25) is 11.8 Å². The summed E-state index contributed by atoms with van der Waals surface area (Å²) in [5.74, 6) is -0.217. The third-order valence-electron chi connectivity index (χ3n) is 4.01. The Hall–Kier alpha value is -3.15. The zero-order chi connectivity index (χ0) is 20.0. The van der Waals surface area contributed by atoms with Crippen molar-refractivity contribution in [2.45, 2.75) is 40.2 Å². The predicted molar refractivity (Wildman–Crippen MR) is 110 cm³/mol. The first kappa shape index (κ1) is 20.2. The zero-order valence-electron chi connectivity index (χ0n) is 16.4. The molecular formula is C21H26N4O2. The number of hydrogen-bond donors (Lipinski definition) is 3. The number of carbonyl (C=O) groups excluding carboxylic acids is 2. The molecule has 0 atom stereocenters. The fourth-order valence-corrected chi connectivity index (χ4v) is 2.57. The van der Waals surface area contributed by atoms with Gasteiger partial charge in [-0.2, -0.15) is 5.10 Å². The van der Waals surface area contributed by atoms with Gasteiger partial charge in [0.1, 0.15) is 0 Å². The van der Waals surface area contributed by atoms with Gasteiger partial charge in [-0.05, 0) is 56.2 Å². The van der Waals surface area contributed by atoms with Gasteiger partial charge in [-0.25, -0.2) is 0 Å². The first-order chi connectivity index (χ1) is 12.7. The normalized spacial score (nSPS) is 11.7. The quantitative estimate of drug-likeness (QED) is 0.536. The molecule has 0 unspecified atom stereocenters. The second-order valence-electron chi connectivity index (χ2n) is 6.96. The number of carbonyl (C=O) groups is 2. The Bertz CT molecular complexity index is 872. The Labute approximate surface area is 160 Å². The fourth-order valence-electron chi connectivity index (χ4n) is 2.57. The average Bonchev–Trinajstić information content (AvgIpc) is 2.59. The molecule has 6 nitrogen and oxygen atoms in total. The summed E-state index contributed by atoms with van der Waals surface area (Å²) in [6.07, 6.45) is 0. The van der Waals surface area contributed by atoms with E-state index in [0.29, 0.717) is 0 Å². The van der Waals surface area contributed by atoms with Gasteiger partial charge < -0.3 is 10.6 Å². The molecule has 0 aromatic heterocycles. The lowest BCUT2D eigenvalue weighted by atomic mass is 9.95. The molecule has 3 N–H and O–H groups in total. The van der Waals surface area contributed by atoms with Crippen molar-refractivity contribution in [3.8, 4) is 0 Å². The minimum atomic E-state index is -0.440. The second-order valence-corrected chi connectivity index (χ2v) is 6.96. The maximum absolute atomic E-state index is 11.3. The van der Waals surface area contributed by atoms with E-state index in [0.717, 1.165) is 28.2 Å². The van der Waals surface area contributed by atoms with Gasteiger partial charge in [-0.3, -0.25) is 15.0 Å². The van der Waals surface area contributed by atoms with E-state index < -0.39 is 5.54 Å². The van der Waals surface area contributed by atoms with E-state index in [4.69, 9.17) is 0 Å². The summed E-state index contributed by atoms with van der Waals surface area (Å²) < 4.78 is 0. The number of nitrogens with zero attached hydrogens (tertiary/aromatic N) is 1. The highest BCUT2D eigenvalue weighted by Crippen LogP contribution is 2.23. The van der Waals surface area contributed by atoms with Crippen molar-refractivity contribution >= 4 is 28.9 Å². The van der Waals surface area contributed by atoms with E-state index >= 15 is 0 Å². The van der Waals surface area contributed by atoms with Crippen LogP contribution in [0.3, 0.4) is 0 Å². The molecule has 0 heterocycles. The summed E-state index contributed by atoms with van der Waals surface area (Å²) in [6, 6.07) is 15.2. The van der Waals surface area contributed by atoms with Gasteiger partial charge in [-0.15, -0.1) is 0 Å². The molecule has 0 aliphatic rings. The molecule has 0 aliphatic carbocycles. The van der Waals surface area contributed by atoms with E-state index in [1.54, 1.807) is 0 Å². The summed E-state index contributed by atoms with van der Waals surface area (Å²) in [6.45, 7) is 8.91. The Kier molecular flexibility index (Phi) is 6.34. The van der Waals surface area contributed by atoms with Gasteiger partial charge in [0.05, 0.1) is 11.3 Å². The SMILES string of the molecule is CC(=O)Nc1cccc(C(C)=NNC(C)(C)c2cccc(NC(C)=O)c2)c1. The largest absolute Gasteiger partial charge is 0.326 e. The molecule has 0 spiro atoms. The third-order valence-corrected chi connectivity index (χ3v) is 4.01. The van der Waals surface area contributed by atoms with Gasteiger partial charge in [0, 0.05) is 25.2 Å². The lowest BCUT2D eigenvalue weighted by molar-refractivity contribution is -0.115. The highest BCUT2D eigenvalue weighted by atomic mass is 16.2. The minimum absolute atomic E-state index is 0.106. The Morgan fingerprint density at radius 3 is 2.00 bits per heavy atom. The number of hydrazone groups is 1. The topological polar surface area (TPSA) is 82.6 Å². The van der Waals surface area contributed by atoms with Gasteiger partial charge in [0.15, 0.2) is 0 Å². The number of amides is 2. The Morgan fingerprint density at radius 2 is 1.41 bits per heavy atom. The summed E-state index contributed by atoms with van der Waals surface area (Å²) in [5.41, 5.74) is 6.95. The number of benzene rings is 2. The first-order valence-corrected chi connectivity index (χ1v) is 8.75. The monoisotopic (exact) mass is 366 g/mol. The molecule has 142 valence electrons.